The fourth-order valence-corrected chi connectivity index (χ4v) is 3.43. The number of carbonyl (C=O) groups is 4. The van der Waals surface area contributed by atoms with Gasteiger partial charge in [0, 0.05) is 32.7 Å². The summed E-state index contributed by atoms with van der Waals surface area (Å²) in [5.41, 5.74) is 0. The van der Waals surface area contributed by atoms with Crippen molar-refractivity contribution in [1.82, 2.24) is 0 Å². The minimum absolute atomic E-state index is 0.122. The molecule has 0 saturated carbocycles. The molecule has 0 unspecified atom stereocenters. The predicted octanol–water partition coefficient (Wildman–Crippen LogP) is 2.46. The lowest BCUT2D eigenvalue weighted by Gasteiger charge is -2.43. The van der Waals surface area contributed by atoms with Crippen molar-refractivity contribution in [3.63, 3.8) is 0 Å². The van der Waals surface area contributed by atoms with Crippen LogP contribution in [0.2, 0.25) is 10.0 Å². The van der Waals surface area contributed by atoms with Gasteiger partial charge in [0.1, 0.15) is 18.5 Å². The van der Waals surface area contributed by atoms with E-state index in [9.17, 15) is 19.2 Å². The van der Waals surface area contributed by atoms with E-state index in [0.717, 1.165) is 20.8 Å². The molecule has 176 valence electrons. The van der Waals surface area contributed by atoms with Gasteiger partial charge >= 0.3 is 23.9 Å². The molecule has 10 nitrogen and oxygen atoms in total. The van der Waals surface area contributed by atoms with E-state index in [0.29, 0.717) is 5.02 Å². The van der Waals surface area contributed by atoms with Crippen molar-refractivity contribution >= 4 is 47.1 Å². The summed E-state index contributed by atoms with van der Waals surface area (Å²) in [6.07, 6.45) is -6.49. The Bertz CT molecular complexity index is 874. The number of hydrogen-bond donors (Lipinski definition) is 0. The summed E-state index contributed by atoms with van der Waals surface area (Å²) >= 11 is 12.1. The van der Waals surface area contributed by atoms with Crippen LogP contribution in [0.15, 0.2) is 18.2 Å². The van der Waals surface area contributed by atoms with Gasteiger partial charge in [-0.2, -0.15) is 0 Å². The molecule has 32 heavy (non-hydrogen) atoms. The molecule has 0 radical (unpaired) electrons. The lowest BCUT2D eigenvalue weighted by Crippen LogP contribution is -2.63. The summed E-state index contributed by atoms with van der Waals surface area (Å²) < 4.78 is 32.5. The lowest BCUT2D eigenvalue weighted by atomic mass is 9.98. The molecule has 1 aromatic carbocycles. The molecule has 12 heteroatoms. The monoisotopic (exact) mass is 492 g/mol. The molecule has 0 amide bonds. The SMILES string of the molecule is CC(=O)OC[C@@H]1O[C@@H](Oc2ccc(Cl)cc2Cl)[C@@H](OC(C)=O)[C@@H](OC(C)=O)[C@H]1OC(C)=O. The highest BCUT2D eigenvalue weighted by molar-refractivity contribution is 6.35. The van der Waals surface area contributed by atoms with Crippen LogP contribution in [0.4, 0.5) is 0 Å². The molecule has 0 spiro atoms. The average molecular weight is 493 g/mol. The van der Waals surface area contributed by atoms with Gasteiger partial charge in [0.05, 0.1) is 5.02 Å². The smallest absolute Gasteiger partial charge is 0.303 e. The highest BCUT2D eigenvalue weighted by Gasteiger charge is 2.53. The van der Waals surface area contributed by atoms with Crippen LogP contribution < -0.4 is 4.74 Å². The zero-order chi connectivity index (χ0) is 24.0. The van der Waals surface area contributed by atoms with Crippen LogP contribution in [0.5, 0.6) is 5.75 Å². The van der Waals surface area contributed by atoms with Gasteiger partial charge in [-0.3, -0.25) is 19.2 Å². The maximum atomic E-state index is 11.8. The minimum Gasteiger partial charge on any atom is -0.463 e. The van der Waals surface area contributed by atoms with Crippen LogP contribution in [-0.2, 0) is 42.9 Å². The van der Waals surface area contributed by atoms with E-state index in [1.165, 1.54) is 25.1 Å². The standard InChI is InChI=1S/C20H22Cl2O10/c1-9(23)27-8-16-17(28-10(2)24)18(29-11(3)25)19(30-12(4)26)20(32-16)31-15-6-5-13(21)7-14(15)22/h5-7,16-20H,8H2,1-4H3/t16-,17-,18-,19-,20+/m0/s1. The molecule has 0 aliphatic carbocycles. The van der Waals surface area contributed by atoms with Gasteiger partial charge in [-0.05, 0) is 18.2 Å². The quantitative estimate of drug-likeness (QED) is 0.413. The van der Waals surface area contributed by atoms with Crippen molar-refractivity contribution in [1.29, 1.82) is 0 Å². The summed E-state index contributed by atoms with van der Waals surface area (Å²) in [7, 11) is 0. The number of esters is 4. The van der Waals surface area contributed by atoms with Gasteiger partial charge in [0.2, 0.25) is 12.4 Å². The number of hydrogen-bond acceptors (Lipinski definition) is 10. The molecular formula is C20H22Cl2O10. The average Bonchev–Trinajstić information content (AvgIpc) is 2.65. The molecular weight excluding hydrogens is 471 g/mol. The normalized spacial score (nSPS) is 24.8. The lowest BCUT2D eigenvalue weighted by molar-refractivity contribution is -0.288. The molecule has 0 aromatic heterocycles. The Hall–Kier alpha value is -2.56. The second-order valence-electron chi connectivity index (χ2n) is 6.76. The fourth-order valence-electron chi connectivity index (χ4n) is 2.98. The highest BCUT2D eigenvalue weighted by atomic mass is 35.5. The molecule has 1 aromatic rings. The zero-order valence-corrected chi connectivity index (χ0v) is 19.2. The molecule has 1 aliphatic rings. The molecule has 0 N–H and O–H groups in total. The van der Waals surface area contributed by atoms with E-state index in [1.807, 2.05) is 0 Å². The van der Waals surface area contributed by atoms with Crippen molar-refractivity contribution in [2.45, 2.75) is 58.4 Å². The summed E-state index contributed by atoms with van der Waals surface area (Å²) in [6.45, 7) is 4.19. The molecule has 1 aliphatic heterocycles. The number of carbonyl (C=O) groups excluding carboxylic acids is 4. The van der Waals surface area contributed by atoms with Crippen molar-refractivity contribution in [3.8, 4) is 5.75 Å². The van der Waals surface area contributed by atoms with Crippen molar-refractivity contribution in [3.05, 3.63) is 28.2 Å². The maximum absolute atomic E-state index is 11.8. The van der Waals surface area contributed by atoms with Gasteiger partial charge in [0.15, 0.2) is 12.2 Å². The topological polar surface area (TPSA) is 124 Å². The maximum Gasteiger partial charge on any atom is 0.303 e. The third kappa shape index (κ3) is 7.25. The largest absolute Gasteiger partial charge is 0.463 e. The Morgan fingerprint density at radius 3 is 1.94 bits per heavy atom. The number of ether oxygens (including phenoxy) is 6. The second-order valence-corrected chi connectivity index (χ2v) is 7.60. The molecule has 2 rings (SSSR count). The Labute approximate surface area is 193 Å². The van der Waals surface area contributed by atoms with Crippen LogP contribution in [0.3, 0.4) is 0 Å². The van der Waals surface area contributed by atoms with E-state index in [4.69, 9.17) is 51.6 Å². The Kier molecular flexibility index (Phi) is 9.11. The molecule has 1 heterocycles. The van der Waals surface area contributed by atoms with Crippen LogP contribution in [0.1, 0.15) is 27.7 Å². The third-order valence-corrected chi connectivity index (χ3v) is 4.62. The van der Waals surface area contributed by atoms with Gasteiger partial charge in [-0.1, -0.05) is 23.2 Å². The van der Waals surface area contributed by atoms with E-state index in [1.54, 1.807) is 0 Å². The van der Waals surface area contributed by atoms with Crippen LogP contribution in [-0.4, -0.2) is 61.2 Å². The Balaban J connectivity index is 2.47. The molecule has 0 bridgehead atoms. The third-order valence-electron chi connectivity index (χ3n) is 4.09. The van der Waals surface area contributed by atoms with E-state index < -0.39 is 54.6 Å². The van der Waals surface area contributed by atoms with E-state index >= 15 is 0 Å². The van der Waals surface area contributed by atoms with Crippen LogP contribution in [0, 0.1) is 0 Å². The van der Waals surface area contributed by atoms with Crippen molar-refractivity contribution in [2.75, 3.05) is 6.61 Å². The van der Waals surface area contributed by atoms with E-state index in [-0.39, 0.29) is 17.4 Å². The van der Waals surface area contributed by atoms with Gasteiger partial charge in [-0.15, -0.1) is 0 Å². The first-order chi connectivity index (χ1) is 15.0. The van der Waals surface area contributed by atoms with E-state index in [2.05, 4.69) is 0 Å². The first-order valence-electron chi connectivity index (χ1n) is 9.40. The summed E-state index contributed by atoms with van der Waals surface area (Å²) in [6, 6.07) is 4.39. The first kappa shape index (κ1) is 25.7. The van der Waals surface area contributed by atoms with Gasteiger partial charge in [-0.25, -0.2) is 0 Å². The molecule has 1 saturated heterocycles. The fraction of sp³-hybridized carbons (Fsp3) is 0.500. The van der Waals surface area contributed by atoms with Gasteiger partial charge < -0.3 is 28.4 Å². The van der Waals surface area contributed by atoms with Crippen molar-refractivity contribution < 1.29 is 47.6 Å². The molecule has 5 atom stereocenters. The number of benzene rings is 1. The molecule has 1 fully saturated rings. The first-order valence-corrected chi connectivity index (χ1v) is 10.2. The van der Waals surface area contributed by atoms with Crippen LogP contribution >= 0.6 is 23.2 Å². The number of rotatable bonds is 7. The zero-order valence-electron chi connectivity index (χ0n) is 17.7. The highest BCUT2D eigenvalue weighted by Crippen LogP contribution is 2.34. The summed E-state index contributed by atoms with van der Waals surface area (Å²) in [4.78, 5) is 46.6. The summed E-state index contributed by atoms with van der Waals surface area (Å²) in [5, 5.41) is 0.481. The van der Waals surface area contributed by atoms with Crippen LogP contribution in [0.25, 0.3) is 0 Å². The van der Waals surface area contributed by atoms with Gasteiger partial charge in [0.25, 0.3) is 0 Å². The summed E-state index contributed by atoms with van der Waals surface area (Å²) in [5.74, 6) is -2.73. The Morgan fingerprint density at radius 2 is 1.41 bits per heavy atom. The number of halogens is 2. The van der Waals surface area contributed by atoms with Crippen molar-refractivity contribution in [2.24, 2.45) is 0 Å². The second kappa shape index (κ2) is 11.3. The Morgan fingerprint density at radius 1 is 0.844 bits per heavy atom. The minimum atomic E-state index is -1.38. The predicted molar refractivity (Wildman–Crippen MR) is 109 cm³/mol.